The van der Waals surface area contributed by atoms with Gasteiger partial charge < -0.3 is 25.0 Å². The maximum absolute atomic E-state index is 12.7. The van der Waals surface area contributed by atoms with Crippen molar-refractivity contribution in [1.82, 2.24) is 19.9 Å². The summed E-state index contributed by atoms with van der Waals surface area (Å²) in [5.41, 5.74) is 9.95. The first-order chi connectivity index (χ1) is 20.9. The van der Waals surface area contributed by atoms with E-state index < -0.39 is 18.4 Å². The number of aromatic amines is 2. The van der Waals surface area contributed by atoms with Gasteiger partial charge in [0.05, 0.1) is 29.1 Å². The Balaban J connectivity index is 2.04. The third-order valence-corrected chi connectivity index (χ3v) is 9.08. The number of aliphatic carboxylic acids is 2. The van der Waals surface area contributed by atoms with Crippen LogP contribution in [0.15, 0.2) is 24.8 Å². The lowest BCUT2D eigenvalue weighted by atomic mass is 9.84. The van der Waals surface area contributed by atoms with E-state index in [0.29, 0.717) is 29.1 Å². The first-order valence-corrected chi connectivity index (χ1v) is 14.9. The Morgan fingerprint density at radius 2 is 1.64 bits per heavy atom. The largest absolute Gasteiger partial charge is 0.481 e. The number of rotatable bonds is 8. The number of allylic oxidation sites excluding steroid dienone is 1. The van der Waals surface area contributed by atoms with Crippen LogP contribution in [0.1, 0.15) is 103 Å². The fraction of sp³-hybridized carbons (Fsp3) is 0.343. The number of carbonyl (C=O) groups excluding carboxylic acids is 1. The van der Waals surface area contributed by atoms with Crippen LogP contribution in [0.25, 0.3) is 39.3 Å². The Kier molecular flexibility index (Phi) is 8.16. The summed E-state index contributed by atoms with van der Waals surface area (Å²) in [4.78, 5) is 53.9. The van der Waals surface area contributed by atoms with Gasteiger partial charge in [-0.15, -0.1) is 0 Å². The van der Waals surface area contributed by atoms with Crippen molar-refractivity contribution in [3.8, 4) is 0 Å². The number of Topliss-reactive ketones (excluding diaryl/α,β-unsaturated/α-hetero) is 1. The number of H-pyrrole nitrogens is 2. The van der Waals surface area contributed by atoms with E-state index in [0.717, 1.165) is 50.7 Å². The van der Waals surface area contributed by atoms with Gasteiger partial charge in [-0.05, 0) is 81.0 Å². The van der Waals surface area contributed by atoms with Gasteiger partial charge in [-0.3, -0.25) is 9.78 Å². The van der Waals surface area contributed by atoms with Crippen molar-refractivity contribution in [2.24, 2.45) is 0 Å². The molecule has 44 heavy (non-hydrogen) atoms. The molecule has 5 rings (SSSR count). The molecule has 0 radical (unpaired) electrons. The predicted octanol–water partition coefficient (Wildman–Crippen LogP) is 7.04. The van der Waals surface area contributed by atoms with E-state index in [4.69, 9.17) is 9.97 Å². The zero-order valence-corrected chi connectivity index (χ0v) is 26.0. The van der Waals surface area contributed by atoms with E-state index in [1.807, 2.05) is 32.1 Å². The summed E-state index contributed by atoms with van der Waals surface area (Å²) in [7, 11) is 0. The number of nitrogens with zero attached hydrogens (tertiary/aromatic N) is 2. The minimum atomic E-state index is -1.19. The molecule has 3 aromatic heterocycles. The Morgan fingerprint density at radius 1 is 0.955 bits per heavy atom. The Labute approximate surface area is 255 Å². The number of nitrogens with one attached hydrogen (secondary N) is 2. The summed E-state index contributed by atoms with van der Waals surface area (Å²) in [5, 5.41) is 20.4. The molecule has 8 bridgehead atoms. The van der Waals surface area contributed by atoms with Gasteiger partial charge in [-0.25, -0.2) is 9.78 Å². The van der Waals surface area contributed by atoms with Gasteiger partial charge in [-0.1, -0.05) is 26.5 Å². The normalized spacial score (nSPS) is 16.3. The highest BCUT2D eigenvalue weighted by Gasteiger charge is 2.35. The van der Waals surface area contributed by atoms with Crippen LogP contribution in [0.2, 0.25) is 0 Å². The van der Waals surface area contributed by atoms with Gasteiger partial charge in [0.25, 0.3) is 0 Å². The second-order valence-corrected chi connectivity index (χ2v) is 11.8. The fourth-order valence-electron chi connectivity index (χ4n) is 6.61. The number of aryl methyl sites for hydroxylation is 3. The number of ketones is 1. The molecule has 9 heteroatoms. The number of fused-ring (bicyclic) bond motifs is 8. The summed E-state index contributed by atoms with van der Waals surface area (Å²) in [6.45, 7) is 15.4. The number of carbonyl (C=O) groups is 3. The molecule has 0 saturated heterocycles. The standard InChI is InChI=1S/C35H38N4O5/c1-8-21-17(4)25-13-27-19(6)23(11-10-16(3)40)33(38-27)24(12-31(41)42)34-32(35(43)44)20(7)28(39-34)15-30-22(9-2)18(5)26(37-30)14-29(21)36-25/h8,13-15,19,23,36-37H,1,9-12H2,2-7H3,(H,41,42)(H,43,44)/t19-,23-/m0/s1. The zero-order valence-electron chi connectivity index (χ0n) is 26.0. The monoisotopic (exact) mass is 594 g/mol. The van der Waals surface area contributed by atoms with E-state index in [1.165, 1.54) is 6.92 Å². The SMILES string of the molecule is C=Cc1c(C)c2cc3nc(c(CC(=O)O)c4nc(cc5[nH]c(cc1[nH]2)c(C)c5CC)C(C)=C4C(=O)O)[C@@H](CCC(C)=O)[C@@H]3C. The highest BCUT2D eigenvalue weighted by molar-refractivity contribution is 6.24. The van der Waals surface area contributed by atoms with E-state index >= 15 is 0 Å². The molecule has 228 valence electrons. The highest BCUT2D eigenvalue weighted by atomic mass is 16.4. The second-order valence-electron chi connectivity index (χ2n) is 11.8. The Bertz CT molecular complexity index is 1940. The van der Waals surface area contributed by atoms with Crippen LogP contribution in [-0.2, 0) is 27.2 Å². The molecule has 0 spiro atoms. The minimum Gasteiger partial charge on any atom is -0.481 e. The molecule has 2 aliphatic heterocycles. The lowest BCUT2D eigenvalue weighted by molar-refractivity contribution is -0.136. The third-order valence-electron chi connectivity index (χ3n) is 9.08. The maximum atomic E-state index is 12.7. The summed E-state index contributed by atoms with van der Waals surface area (Å²) >= 11 is 0. The number of aromatic nitrogens is 4. The molecule has 0 saturated carbocycles. The minimum absolute atomic E-state index is 0.0146. The summed E-state index contributed by atoms with van der Waals surface area (Å²) in [5.74, 6) is -2.76. The average molecular weight is 595 g/mol. The molecule has 0 amide bonds. The van der Waals surface area contributed by atoms with Crippen molar-refractivity contribution < 1.29 is 24.6 Å². The Hall–Kier alpha value is -4.79. The molecule has 0 unspecified atom stereocenters. The van der Waals surface area contributed by atoms with Crippen LogP contribution in [-0.4, -0.2) is 47.9 Å². The van der Waals surface area contributed by atoms with Gasteiger partial charge in [0.15, 0.2) is 0 Å². The highest BCUT2D eigenvalue weighted by Crippen LogP contribution is 2.43. The van der Waals surface area contributed by atoms with E-state index in [1.54, 1.807) is 6.92 Å². The first kappa shape index (κ1) is 30.7. The van der Waals surface area contributed by atoms with Gasteiger partial charge in [0.2, 0.25) is 0 Å². The van der Waals surface area contributed by atoms with Crippen molar-refractivity contribution in [3.63, 3.8) is 0 Å². The fourth-order valence-corrected chi connectivity index (χ4v) is 6.61. The van der Waals surface area contributed by atoms with Crippen LogP contribution >= 0.6 is 0 Å². The van der Waals surface area contributed by atoms with Gasteiger partial charge >= 0.3 is 11.9 Å². The lowest BCUT2D eigenvalue weighted by Crippen LogP contribution is -2.13. The molecular formula is C35H38N4O5. The number of carboxylic acids is 2. The predicted molar refractivity (Wildman–Crippen MR) is 172 cm³/mol. The van der Waals surface area contributed by atoms with Gasteiger partial charge in [0, 0.05) is 57.1 Å². The summed E-state index contributed by atoms with van der Waals surface area (Å²) < 4.78 is 0. The molecule has 0 fully saturated rings. The molecule has 0 aliphatic carbocycles. The van der Waals surface area contributed by atoms with Crippen molar-refractivity contribution in [3.05, 3.63) is 75.4 Å². The molecular weight excluding hydrogens is 556 g/mol. The van der Waals surface area contributed by atoms with E-state index in [9.17, 15) is 24.6 Å². The van der Waals surface area contributed by atoms with Gasteiger partial charge in [-0.2, -0.15) is 0 Å². The first-order valence-electron chi connectivity index (χ1n) is 14.9. The van der Waals surface area contributed by atoms with Crippen molar-refractivity contribution in [2.45, 2.75) is 79.1 Å². The van der Waals surface area contributed by atoms with Crippen LogP contribution in [0.5, 0.6) is 0 Å². The van der Waals surface area contributed by atoms with Crippen LogP contribution in [0, 0.1) is 13.8 Å². The van der Waals surface area contributed by atoms with Gasteiger partial charge in [0.1, 0.15) is 5.78 Å². The number of hydrogen-bond donors (Lipinski definition) is 4. The maximum Gasteiger partial charge on any atom is 0.338 e. The molecule has 2 atom stereocenters. The number of hydrogen-bond acceptors (Lipinski definition) is 5. The molecule has 0 aromatic carbocycles. The molecule has 3 aromatic rings. The van der Waals surface area contributed by atoms with Crippen LogP contribution in [0.4, 0.5) is 0 Å². The quantitative estimate of drug-likeness (QED) is 0.219. The third kappa shape index (κ3) is 5.27. The zero-order chi connectivity index (χ0) is 32.0. The van der Waals surface area contributed by atoms with E-state index in [2.05, 4.69) is 36.5 Å². The molecule has 5 heterocycles. The second kappa shape index (κ2) is 11.7. The van der Waals surface area contributed by atoms with Crippen molar-refractivity contribution >= 4 is 57.0 Å². The topological polar surface area (TPSA) is 149 Å². The summed E-state index contributed by atoms with van der Waals surface area (Å²) in [6, 6.07) is 5.87. The smallest absolute Gasteiger partial charge is 0.338 e. The molecule has 4 N–H and O–H groups in total. The average Bonchev–Trinajstić information content (AvgIpc) is 3.63. The van der Waals surface area contributed by atoms with Crippen LogP contribution < -0.4 is 0 Å². The molecule has 2 aliphatic rings. The lowest BCUT2D eigenvalue weighted by Gasteiger charge is -2.17. The van der Waals surface area contributed by atoms with Crippen molar-refractivity contribution in [2.75, 3.05) is 0 Å². The number of carboxylic acid groups (broad SMARTS) is 2. The van der Waals surface area contributed by atoms with E-state index in [-0.39, 0.29) is 40.9 Å². The Morgan fingerprint density at radius 3 is 2.25 bits per heavy atom. The van der Waals surface area contributed by atoms with Crippen molar-refractivity contribution in [1.29, 1.82) is 0 Å². The summed E-state index contributed by atoms with van der Waals surface area (Å²) in [6.07, 6.45) is 2.83. The van der Waals surface area contributed by atoms with Crippen LogP contribution in [0.3, 0.4) is 0 Å². The molecule has 9 nitrogen and oxygen atoms in total.